The van der Waals surface area contributed by atoms with Crippen LogP contribution < -0.4 is 4.74 Å². The van der Waals surface area contributed by atoms with Crippen LogP contribution in [0.3, 0.4) is 0 Å². The first-order chi connectivity index (χ1) is 12.7. The molecule has 0 unspecified atom stereocenters. The average Bonchev–Trinajstić information content (AvgIpc) is 3.09. The fraction of sp³-hybridized carbons (Fsp3) is 0.176. The lowest BCUT2D eigenvalue weighted by atomic mass is 9.92. The second kappa shape index (κ2) is 7.38. The van der Waals surface area contributed by atoms with Crippen LogP contribution in [0.2, 0.25) is 10.0 Å². The molecule has 0 amide bonds. The van der Waals surface area contributed by atoms with E-state index in [2.05, 4.69) is 10.1 Å². The molecular formula is C17H12Cl2F3N3O2. The molecule has 1 N–H and O–H groups in total. The minimum absolute atomic E-state index is 0.205. The fourth-order valence-corrected chi connectivity index (χ4v) is 2.86. The standard InChI is InChI=1S/C17H12Cl2F3N3O2/c18-11-1-3-12(4-2-11)27-13-5-6-14(15(19)7-13)16(26,17(20,21)22)8-25-10-23-9-24-25/h1-7,9-10,26H,8H2/t16-/m1/s1. The highest BCUT2D eigenvalue weighted by molar-refractivity contribution is 6.31. The van der Waals surface area contributed by atoms with Gasteiger partial charge < -0.3 is 9.84 Å². The third kappa shape index (κ3) is 4.18. The zero-order chi connectivity index (χ0) is 19.7. The normalized spacial score (nSPS) is 14.0. The zero-order valence-corrected chi connectivity index (χ0v) is 15.0. The maximum Gasteiger partial charge on any atom is 0.423 e. The molecule has 0 aliphatic rings. The Kier molecular flexibility index (Phi) is 5.32. The van der Waals surface area contributed by atoms with Crippen LogP contribution in [-0.2, 0) is 12.1 Å². The second-order valence-corrected chi connectivity index (χ2v) is 6.49. The Morgan fingerprint density at radius 1 is 1.04 bits per heavy atom. The van der Waals surface area contributed by atoms with Gasteiger partial charge in [-0.3, -0.25) is 0 Å². The van der Waals surface area contributed by atoms with Gasteiger partial charge in [0.25, 0.3) is 0 Å². The molecule has 0 aliphatic heterocycles. The number of halogens is 5. The number of rotatable bonds is 5. The lowest BCUT2D eigenvalue weighted by Gasteiger charge is -2.31. The van der Waals surface area contributed by atoms with Gasteiger partial charge in [0, 0.05) is 10.6 Å². The highest BCUT2D eigenvalue weighted by Gasteiger charge is 2.56. The number of ether oxygens (including phenoxy) is 1. The summed E-state index contributed by atoms with van der Waals surface area (Å²) in [4.78, 5) is 3.58. The Morgan fingerprint density at radius 2 is 1.70 bits per heavy atom. The molecule has 5 nitrogen and oxygen atoms in total. The van der Waals surface area contributed by atoms with Gasteiger partial charge in [0.15, 0.2) is 0 Å². The first-order valence-corrected chi connectivity index (χ1v) is 8.29. The van der Waals surface area contributed by atoms with Crippen molar-refractivity contribution in [2.75, 3.05) is 0 Å². The van der Waals surface area contributed by atoms with E-state index in [4.69, 9.17) is 27.9 Å². The smallest absolute Gasteiger partial charge is 0.423 e. The molecule has 0 radical (unpaired) electrons. The summed E-state index contributed by atoms with van der Waals surface area (Å²) in [5.74, 6) is 0.633. The van der Waals surface area contributed by atoms with Crippen molar-refractivity contribution in [1.29, 1.82) is 0 Å². The average molecular weight is 418 g/mol. The van der Waals surface area contributed by atoms with Crippen LogP contribution in [0.15, 0.2) is 55.1 Å². The van der Waals surface area contributed by atoms with Gasteiger partial charge in [0.1, 0.15) is 24.2 Å². The first kappa shape index (κ1) is 19.5. The molecule has 2 aromatic carbocycles. The van der Waals surface area contributed by atoms with Gasteiger partial charge in [-0.25, -0.2) is 9.67 Å². The van der Waals surface area contributed by atoms with E-state index in [0.29, 0.717) is 10.8 Å². The summed E-state index contributed by atoms with van der Waals surface area (Å²) >= 11 is 11.8. The van der Waals surface area contributed by atoms with Gasteiger partial charge >= 0.3 is 6.18 Å². The van der Waals surface area contributed by atoms with Crippen LogP contribution in [0.4, 0.5) is 13.2 Å². The molecule has 3 aromatic rings. The molecule has 10 heteroatoms. The lowest BCUT2D eigenvalue weighted by Crippen LogP contribution is -2.46. The van der Waals surface area contributed by atoms with E-state index >= 15 is 0 Å². The molecule has 0 saturated heterocycles. The third-order valence-electron chi connectivity index (χ3n) is 3.76. The molecule has 0 fully saturated rings. The molecule has 0 aliphatic carbocycles. The second-order valence-electron chi connectivity index (χ2n) is 5.65. The largest absolute Gasteiger partial charge is 0.457 e. The molecule has 3 rings (SSSR count). The van der Waals surface area contributed by atoms with Crippen molar-refractivity contribution in [3.63, 3.8) is 0 Å². The summed E-state index contributed by atoms with van der Waals surface area (Å²) in [7, 11) is 0. The molecular weight excluding hydrogens is 406 g/mol. The van der Waals surface area contributed by atoms with Crippen LogP contribution in [0.5, 0.6) is 11.5 Å². The van der Waals surface area contributed by atoms with Crippen molar-refractivity contribution in [3.05, 3.63) is 70.7 Å². The zero-order valence-electron chi connectivity index (χ0n) is 13.5. The number of aliphatic hydroxyl groups is 1. The van der Waals surface area contributed by atoms with Crippen molar-refractivity contribution in [1.82, 2.24) is 14.8 Å². The summed E-state index contributed by atoms with van der Waals surface area (Å²) in [5.41, 5.74) is -3.77. The van der Waals surface area contributed by atoms with Gasteiger partial charge in [-0.1, -0.05) is 29.3 Å². The van der Waals surface area contributed by atoms with Crippen LogP contribution in [0.25, 0.3) is 0 Å². The van der Waals surface area contributed by atoms with Gasteiger partial charge in [-0.2, -0.15) is 18.3 Å². The summed E-state index contributed by atoms with van der Waals surface area (Å²) < 4.78 is 47.3. The molecule has 1 atom stereocenters. The highest BCUT2D eigenvalue weighted by atomic mass is 35.5. The van der Waals surface area contributed by atoms with E-state index in [1.165, 1.54) is 12.1 Å². The lowest BCUT2D eigenvalue weighted by molar-refractivity contribution is -0.272. The predicted molar refractivity (Wildman–Crippen MR) is 93.0 cm³/mol. The summed E-state index contributed by atoms with van der Waals surface area (Å²) in [6.45, 7) is -0.895. The molecule has 0 spiro atoms. The van der Waals surface area contributed by atoms with Crippen LogP contribution in [0.1, 0.15) is 5.56 Å². The number of benzene rings is 2. The van der Waals surface area contributed by atoms with Gasteiger partial charge in [-0.15, -0.1) is 0 Å². The SMILES string of the molecule is O[C@](Cn1cncn1)(c1ccc(Oc2ccc(Cl)cc2)cc1Cl)C(F)(F)F. The number of aromatic nitrogens is 3. The van der Waals surface area contributed by atoms with Crippen LogP contribution in [-0.4, -0.2) is 26.0 Å². The summed E-state index contributed by atoms with van der Waals surface area (Å²) in [6, 6.07) is 9.96. The Labute approximate surface area is 161 Å². The minimum atomic E-state index is -5.00. The molecule has 142 valence electrons. The maximum absolute atomic E-state index is 13.6. The molecule has 0 bridgehead atoms. The van der Waals surface area contributed by atoms with Crippen molar-refractivity contribution >= 4 is 23.2 Å². The van der Waals surface area contributed by atoms with E-state index < -0.39 is 23.9 Å². The van der Waals surface area contributed by atoms with Gasteiger partial charge in [0.2, 0.25) is 5.60 Å². The van der Waals surface area contributed by atoms with E-state index in [1.54, 1.807) is 24.3 Å². The monoisotopic (exact) mass is 417 g/mol. The quantitative estimate of drug-likeness (QED) is 0.645. The van der Waals surface area contributed by atoms with Crippen LogP contribution >= 0.6 is 23.2 Å². The number of nitrogens with zero attached hydrogens (tertiary/aromatic N) is 3. The molecule has 27 heavy (non-hydrogen) atoms. The Bertz CT molecular complexity index is 918. The Hall–Kier alpha value is -2.29. The van der Waals surface area contributed by atoms with E-state index in [-0.39, 0.29) is 10.8 Å². The van der Waals surface area contributed by atoms with Crippen molar-refractivity contribution < 1.29 is 23.0 Å². The molecule has 0 saturated carbocycles. The Morgan fingerprint density at radius 3 is 2.26 bits per heavy atom. The number of hydrogen-bond acceptors (Lipinski definition) is 4. The van der Waals surface area contributed by atoms with Gasteiger partial charge in [-0.05, 0) is 36.4 Å². The van der Waals surface area contributed by atoms with Crippen molar-refractivity contribution in [2.24, 2.45) is 0 Å². The maximum atomic E-state index is 13.6. The molecule has 1 heterocycles. The predicted octanol–water partition coefficient (Wildman–Crippen LogP) is 4.83. The fourth-order valence-electron chi connectivity index (χ4n) is 2.41. The van der Waals surface area contributed by atoms with Crippen LogP contribution in [0, 0.1) is 0 Å². The summed E-state index contributed by atoms with van der Waals surface area (Å²) in [6.07, 6.45) is -2.86. The number of alkyl halides is 3. The van der Waals surface area contributed by atoms with E-state index in [0.717, 1.165) is 23.4 Å². The first-order valence-electron chi connectivity index (χ1n) is 7.54. The topological polar surface area (TPSA) is 60.2 Å². The minimum Gasteiger partial charge on any atom is -0.457 e. The summed E-state index contributed by atoms with van der Waals surface area (Å²) in [5, 5.41) is 14.3. The van der Waals surface area contributed by atoms with Crippen molar-refractivity contribution in [3.8, 4) is 11.5 Å². The van der Waals surface area contributed by atoms with E-state index in [9.17, 15) is 18.3 Å². The molecule has 1 aromatic heterocycles. The number of hydrogen-bond donors (Lipinski definition) is 1. The van der Waals surface area contributed by atoms with Gasteiger partial charge in [0.05, 0.1) is 11.6 Å². The van der Waals surface area contributed by atoms with Crippen molar-refractivity contribution in [2.45, 2.75) is 18.3 Å². The highest BCUT2D eigenvalue weighted by Crippen LogP contribution is 2.44. The Balaban J connectivity index is 1.93. The van der Waals surface area contributed by atoms with E-state index in [1.807, 2.05) is 0 Å². The third-order valence-corrected chi connectivity index (χ3v) is 4.33.